The lowest BCUT2D eigenvalue weighted by Gasteiger charge is -2.39. The molecule has 2 heterocycles. The standard InChI is InChI=1S/C22H23FN4O3S/c1-16-3-9-20(10-4-16)31(28,29)27-12-11-26(14-17(27)2)21-13-22(25-15-24-21)30-19-7-5-18(23)6-8-19/h3-10,13,15,17H,11-12,14H2,1-2H3/t17-/m1/s1. The lowest BCUT2D eigenvalue weighted by atomic mass is 10.2. The highest BCUT2D eigenvalue weighted by Crippen LogP contribution is 2.26. The number of aromatic nitrogens is 2. The van der Waals surface area contributed by atoms with Crippen LogP contribution < -0.4 is 9.64 Å². The second-order valence-corrected chi connectivity index (χ2v) is 9.38. The van der Waals surface area contributed by atoms with Crippen molar-refractivity contribution < 1.29 is 17.5 Å². The number of nitrogens with zero attached hydrogens (tertiary/aromatic N) is 4. The summed E-state index contributed by atoms with van der Waals surface area (Å²) in [5.74, 6) is 1.10. The summed E-state index contributed by atoms with van der Waals surface area (Å²) in [6, 6.07) is 14.0. The van der Waals surface area contributed by atoms with Gasteiger partial charge >= 0.3 is 0 Å². The molecule has 9 heteroatoms. The Hall–Kier alpha value is -3.04. The van der Waals surface area contributed by atoms with Gasteiger partial charge in [0.25, 0.3) is 0 Å². The Balaban J connectivity index is 1.47. The van der Waals surface area contributed by atoms with Gasteiger partial charge in [-0.2, -0.15) is 4.31 Å². The predicted octanol–water partition coefficient (Wildman–Crippen LogP) is 3.62. The highest BCUT2D eigenvalue weighted by atomic mass is 32.2. The summed E-state index contributed by atoms with van der Waals surface area (Å²) in [6.07, 6.45) is 1.40. The minimum atomic E-state index is -3.57. The number of halogens is 1. The number of benzene rings is 2. The van der Waals surface area contributed by atoms with E-state index in [1.807, 2.05) is 18.7 Å². The van der Waals surface area contributed by atoms with E-state index in [2.05, 4.69) is 9.97 Å². The molecule has 31 heavy (non-hydrogen) atoms. The molecule has 0 radical (unpaired) electrons. The smallest absolute Gasteiger partial charge is 0.243 e. The third-order valence-electron chi connectivity index (χ3n) is 5.18. The van der Waals surface area contributed by atoms with Crippen LogP contribution in [-0.2, 0) is 10.0 Å². The van der Waals surface area contributed by atoms with E-state index in [0.717, 1.165) is 5.56 Å². The topological polar surface area (TPSA) is 75.6 Å². The summed E-state index contributed by atoms with van der Waals surface area (Å²) in [5.41, 5.74) is 1.01. The average Bonchev–Trinajstić information content (AvgIpc) is 2.76. The monoisotopic (exact) mass is 442 g/mol. The highest BCUT2D eigenvalue weighted by Gasteiger charge is 2.34. The Labute approximate surface area is 181 Å². The summed E-state index contributed by atoms with van der Waals surface area (Å²) in [5, 5.41) is 0. The average molecular weight is 443 g/mol. The lowest BCUT2D eigenvalue weighted by molar-refractivity contribution is 0.305. The minimum Gasteiger partial charge on any atom is -0.439 e. The molecule has 4 rings (SSSR count). The van der Waals surface area contributed by atoms with Gasteiger partial charge in [-0.25, -0.2) is 22.8 Å². The zero-order valence-corrected chi connectivity index (χ0v) is 18.1. The first-order valence-corrected chi connectivity index (χ1v) is 11.4. The molecule has 1 atom stereocenters. The zero-order valence-electron chi connectivity index (χ0n) is 17.3. The van der Waals surface area contributed by atoms with E-state index in [9.17, 15) is 12.8 Å². The molecule has 1 saturated heterocycles. The molecule has 0 spiro atoms. The molecule has 1 fully saturated rings. The van der Waals surface area contributed by atoms with Crippen LogP contribution in [0, 0.1) is 12.7 Å². The maximum Gasteiger partial charge on any atom is 0.243 e. The third-order valence-corrected chi connectivity index (χ3v) is 7.21. The number of hydrogen-bond donors (Lipinski definition) is 0. The fraction of sp³-hybridized carbons (Fsp3) is 0.273. The van der Waals surface area contributed by atoms with Gasteiger partial charge in [-0.15, -0.1) is 0 Å². The largest absolute Gasteiger partial charge is 0.439 e. The van der Waals surface area contributed by atoms with Crippen molar-refractivity contribution >= 4 is 15.8 Å². The molecule has 1 aliphatic rings. The molecule has 2 aromatic carbocycles. The number of anilines is 1. The van der Waals surface area contributed by atoms with E-state index in [4.69, 9.17) is 4.74 Å². The second kappa shape index (κ2) is 8.60. The molecular formula is C22H23FN4O3S. The van der Waals surface area contributed by atoms with Crippen LogP contribution in [0.25, 0.3) is 0 Å². The highest BCUT2D eigenvalue weighted by molar-refractivity contribution is 7.89. The number of aryl methyl sites for hydroxylation is 1. The predicted molar refractivity (Wildman–Crippen MR) is 115 cm³/mol. The van der Waals surface area contributed by atoms with Gasteiger partial charge in [-0.3, -0.25) is 0 Å². The number of hydrogen-bond acceptors (Lipinski definition) is 6. The molecule has 0 saturated carbocycles. The molecule has 0 bridgehead atoms. The van der Waals surface area contributed by atoms with Crippen molar-refractivity contribution in [1.82, 2.24) is 14.3 Å². The van der Waals surface area contributed by atoms with E-state index in [1.54, 1.807) is 30.3 Å². The van der Waals surface area contributed by atoms with Crippen molar-refractivity contribution in [3.8, 4) is 11.6 Å². The van der Waals surface area contributed by atoms with Gasteiger partial charge in [0.15, 0.2) is 0 Å². The molecule has 3 aromatic rings. The van der Waals surface area contributed by atoms with Crippen LogP contribution in [0.15, 0.2) is 65.8 Å². The summed E-state index contributed by atoms with van der Waals surface area (Å²) in [4.78, 5) is 10.7. The van der Waals surface area contributed by atoms with Crippen molar-refractivity contribution in [2.75, 3.05) is 24.5 Å². The van der Waals surface area contributed by atoms with E-state index < -0.39 is 10.0 Å². The molecule has 0 N–H and O–H groups in total. The second-order valence-electron chi connectivity index (χ2n) is 7.49. The van der Waals surface area contributed by atoms with Gasteiger partial charge in [0.2, 0.25) is 15.9 Å². The SMILES string of the molecule is Cc1ccc(S(=O)(=O)N2CCN(c3cc(Oc4ccc(F)cc4)ncn3)C[C@H]2C)cc1. The quantitative estimate of drug-likeness (QED) is 0.601. The Morgan fingerprint density at radius 1 is 1.03 bits per heavy atom. The first-order chi connectivity index (χ1) is 14.8. The van der Waals surface area contributed by atoms with Gasteiger partial charge in [0.1, 0.15) is 23.7 Å². The van der Waals surface area contributed by atoms with Gasteiger partial charge in [0.05, 0.1) is 4.90 Å². The van der Waals surface area contributed by atoms with Crippen molar-refractivity contribution in [1.29, 1.82) is 0 Å². The molecule has 7 nitrogen and oxygen atoms in total. The summed E-state index contributed by atoms with van der Waals surface area (Å²) in [7, 11) is -3.57. The van der Waals surface area contributed by atoms with Crippen molar-refractivity contribution in [2.45, 2.75) is 24.8 Å². The van der Waals surface area contributed by atoms with Crippen LogP contribution in [0.4, 0.5) is 10.2 Å². The Morgan fingerprint density at radius 3 is 2.42 bits per heavy atom. The summed E-state index contributed by atoms with van der Waals surface area (Å²) < 4.78 is 46.4. The number of sulfonamides is 1. The van der Waals surface area contributed by atoms with Gasteiger partial charge in [-0.1, -0.05) is 17.7 Å². The first-order valence-electron chi connectivity index (χ1n) is 9.92. The van der Waals surface area contributed by atoms with Crippen LogP contribution in [-0.4, -0.2) is 48.4 Å². The normalized spacial score (nSPS) is 17.5. The number of rotatable bonds is 5. The fourth-order valence-electron chi connectivity index (χ4n) is 3.53. The van der Waals surface area contributed by atoms with E-state index in [-0.39, 0.29) is 11.9 Å². The zero-order chi connectivity index (χ0) is 22.0. The van der Waals surface area contributed by atoms with Crippen molar-refractivity contribution in [3.05, 3.63) is 72.3 Å². The summed E-state index contributed by atoms with van der Waals surface area (Å²) in [6.45, 7) is 5.12. The van der Waals surface area contributed by atoms with Crippen molar-refractivity contribution in [3.63, 3.8) is 0 Å². The van der Waals surface area contributed by atoms with Gasteiger partial charge < -0.3 is 9.64 Å². The fourth-order valence-corrected chi connectivity index (χ4v) is 5.15. The maximum absolute atomic E-state index is 13.1. The minimum absolute atomic E-state index is 0.239. The molecule has 0 unspecified atom stereocenters. The Morgan fingerprint density at radius 2 is 1.74 bits per heavy atom. The molecule has 0 amide bonds. The van der Waals surface area contributed by atoms with Crippen molar-refractivity contribution in [2.24, 2.45) is 0 Å². The van der Waals surface area contributed by atoms with Crippen LogP contribution >= 0.6 is 0 Å². The lowest BCUT2D eigenvalue weighted by Crippen LogP contribution is -2.54. The molecular weight excluding hydrogens is 419 g/mol. The molecule has 1 aromatic heterocycles. The molecule has 0 aliphatic carbocycles. The Bertz CT molecular complexity index is 1150. The molecule has 162 valence electrons. The van der Waals surface area contributed by atoms with E-state index >= 15 is 0 Å². The third kappa shape index (κ3) is 4.67. The summed E-state index contributed by atoms with van der Waals surface area (Å²) >= 11 is 0. The van der Waals surface area contributed by atoms with Crippen LogP contribution in [0.1, 0.15) is 12.5 Å². The van der Waals surface area contributed by atoms with Gasteiger partial charge in [-0.05, 0) is 50.2 Å². The van der Waals surface area contributed by atoms with E-state index in [0.29, 0.717) is 42.0 Å². The maximum atomic E-state index is 13.1. The first kappa shape index (κ1) is 21.2. The van der Waals surface area contributed by atoms with Gasteiger partial charge in [0, 0.05) is 31.7 Å². The number of ether oxygens (including phenoxy) is 1. The molecule has 1 aliphatic heterocycles. The van der Waals surface area contributed by atoms with Crippen LogP contribution in [0.5, 0.6) is 11.6 Å². The van der Waals surface area contributed by atoms with Crippen LogP contribution in [0.2, 0.25) is 0 Å². The van der Waals surface area contributed by atoms with E-state index in [1.165, 1.54) is 34.9 Å². The van der Waals surface area contributed by atoms with Crippen LogP contribution in [0.3, 0.4) is 0 Å². The number of piperazine rings is 1. The Kier molecular flexibility index (Phi) is 5.88.